The van der Waals surface area contributed by atoms with Crippen LogP contribution in [-0.2, 0) is 9.59 Å². The molecule has 0 amide bonds. The van der Waals surface area contributed by atoms with Gasteiger partial charge in [-0.3, -0.25) is 0 Å². The number of rotatable bonds is 7. The molecule has 0 unspecified atom stereocenters. The summed E-state index contributed by atoms with van der Waals surface area (Å²) in [5.41, 5.74) is 1.38. The zero-order chi connectivity index (χ0) is 19.8. The average molecular weight is 353 g/mol. The van der Waals surface area contributed by atoms with Crippen molar-refractivity contribution in [2.75, 3.05) is 31.2 Å². The van der Waals surface area contributed by atoms with Crippen molar-refractivity contribution in [2.24, 2.45) is 0 Å². The smallest absolute Gasteiger partial charge is 0.330 e. The van der Waals surface area contributed by atoms with Crippen molar-refractivity contribution in [3.05, 3.63) is 54.6 Å². The van der Waals surface area contributed by atoms with Crippen molar-refractivity contribution in [1.29, 1.82) is 0 Å². The second kappa shape index (κ2) is 14.9. The molecule has 0 fully saturated rings. The van der Waals surface area contributed by atoms with Crippen LogP contribution in [0.5, 0.6) is 0 Å². The average Bonchev–Trinajstić information content (AvgIpc) is 2.56. The number of carboxylic acids is 2. The van der Waals surface area contributed by atoms with Gasteiger partial charge in [0, 0.05) is 29.9 Å². The van der Waals surface area contributed by atoms with Gasteiger partial charge in [-0.25, -0.2) is 9.59 Å². The second-order valence-electron chi connectivity index (χ2n) is 4.94. The summed E-state index contributed by atoms with van der Waals surface area (Å²) in [5.74, 6) is -1.87. The molecule has 0 aliphatic rings. The second-order valence-corrected chi connectivity index (χ2v) is 4.94. The molecule has 0 aromatic heterocycles. The number of anilines is 1. The lowest BCUT2D eigenvalue weighted by atomic mass is 10.3. The van der Waals surface area contributed by atoms with Crippen LogP contribution in [0.15, 0.2) is 54.6 Å². The van der Waals surface area contributed by atoms with E-state index in [1.54, 1.807) is 0 Å². The Bertz CT molecular complexity index is 488. The molecule has 7 heteroatoms. The summed E-state index contributed by atoms with van der Waals surface area (Å²) >= 11 is 0. The fourth-order valence-electron chi connectivity index (χ4n) is 1.25. The van der Waals surface area contributed by atoms with E-state index >= 15 is 0 Å². The van der Waals surface area contributed by atoms with Gasteiger partial charge in [0.05, 0.1) is 13.2 Å². The van der Waals surface area contributed by atoms with Gasteiger partial charge >= 0.3 is 11.9 Å². The van der Waals surface area contributed by atoms with E-state index in [4.69, 9.17) is 20.4 Å². The van der Waals surface area contributed by atoms with Gasteiger partial charge in [-0.05, 0) is 26.0 Å². The van der Waals surface area contributed by atoms with Crippen molar-refractivity contribution in [3.63, 3.8) is 0 Å². The molecule has 0 saturated heterocycles. The highest BCUT2D eigenvalue weighted by molar-refractivity contribution is 5.85. The summed E-state index contributed by atoms with van der Waals surface area (Å²) in [5, 5.41) is 33.4. The van der Waals surface area contributed by atoms with Gasteiger partial charge in [0.1, 0.15) is 0 Å². The Morgan fingerprint density at radius 1 is 0.880 bits per heavy atom. The third kappa shape index (κ3) is 14.7. The van der Waals surface area contributed by atoms with Gasteiger partial charge in [-0.15, -0.1) is 0 Å². The van der Waals surface area contributed by atoms with Gasteiger partial charge in [-0.2, -0.15) is 0 Å². The predicted molar refractivity (Wildman–Crippen MR) is 97.7 cm³/mol. The first-order chi connectivity index (χ1) is 11.7. The number of hydrogen-bond acceptors (Lipinski definition) is 5. The maximum Gasteiger partial charge on any atom is 0.330 e. The molecule has 0 heterocycles. The number of nitrogens with zero attached hydrogens (tertiary/aromatic N) is 1. The third-order valence-electron chi connectivity index (χ3n) is 2.59. The molecule has 25 heavy (non-hydrogen) atoms. The fraction of sp³-hybridized carbons (Fsp3) is 0.333. The molecule has 1 aromatic carbocycles. The number of aliphatic hydroxyl groups excluding tert-OH is 2. The number of hydrogen-bond donors (Lipinski definition) is 4. The van der Waals surface area contributed by atoms with Crippen molar-refractivity contribution in [3.8, 4) is 0 Å². The Labute approximate surface area is 148 Å². The first kappa shape index (κ1) is 24.6. The largest absolute Gasteiger partial charge is 0.478 e. The lowest BCUT2D eigenvalue weighted by molar-refractivity contribution is -0.133. The highest BCUT2D eigenvalue weighted by Gasteiger charge is 2.02. The van der Waals surface area contributed by atoms with Gasteiger partial charge in [0.25, 0.3) is 0 Å². The SMILES string of the molecule is C=C(C)C(=O)O.C=C(C)C(=O)O.OCCN(CCO)c1ccccc1. The minimum atomic E-state index is -0.935. The Balaban J connectivity index is 0. The van der Waals surface area contributed by atoms with Gasteiger partial charge in [-0.1, -0.05) is 31.4 Å². The zero-order valence-corrected chi connectivity index (χ0v) is 14.7. The molecule has 0 saturated carbocycles. The molecule has 1 rings (SSSR count). The van der Waals surface area contributed by atoms with E-state index in [1.165, 1.54) is 13.8 Å². The topological polar surface area (TPSA) is 118 Å². The molecule has 140 valence electrons. The van der Waals surface area contributed by atoms with Gasteiger partial charge in [0.15, 0.2) is 0 Å². The van der Waals surface area contributed by atoms with E-state index in [2.05, 4.69) is 13.2 Å². The highest BCUT2D eigenvalue weighted by Crippen LogP contribution is 2.11. The van der Waals surface area contributed by atoms with E-state index in [0.717, 1.165) is 5.69 Å². The van der Waals surface area contributed by atoms with Crippen molar-refractivity contribution < 1.29 is 30.0 Å². The molecule has 0 atom stereocenters. The van der Waals surface area contributed by atoms with Crippen molar-refractivity contribution >= 4 is 17.6 Å². The lowest BCUT2D eigenvalue weighted by Crippen LogP contribution is -2.29. The summed E-state index contributed by atoms with van der Waals surface area (Å²) in [6.45, 7) is 10.5. The molecular weight excluding hydrogens is 326 g/mol. The molecule has 0 aliphatic heterocycles. The van der Waals surface area contributed by atoms with E-state index < -0.39 is 11.9 Å². The van der Waals surface area contributed by atoms with Crippen LogP contribution in [0.2, 0.25) is 0 Å². The van der Waals surface area contributed by atoms with Crippen LogP contribution in [-0.4, -0.2) is 58.7 Å². The molecule has 0 spiro atoms. The van der Waals surface area contributed by atoms with Crippen LogP contribution >= 0.6 is 0 Å². The van der Waals surface area contributed by atoms with Crippen LogP contribution in [0.1, 0.15) is 13.8 Å². The van der Waals surface area contributed by atoms with E-state index in [0.29, 0.717) is 13.1 Å². The molecule has 0 radical (unpaired) electrons. The number of para-hydroxylation sites is 1. The molecule has 0 aliphatic carbocycles. The minimum Gasteiger partial charge on any atom is -0.478 e. The molecule has 7 nitrogen and oxygen atoms in total. The molecule has 1 aromatic rings. The third-order valence-corrected chi connectivity index (χ3v) is 2.59. The summed E-state index contributed by atoms with van der Waals surface area (Å²) < 4.78 is 0. The molecular formula is C18H27NO6. The normalized spacial score (nSPS) is 8.80. The Hall–Kier alpha value is -2.64. The van der Waals surface area contributed by atoms with E-state index in [1.807, 2.05) is 35.2 Å². The first-order valence-corrected chi connectivity index (χ1v) is 7.46. The summed E-state index contributed by atoms with van der Waals surface area (Å²) in [6, 6.07) is 9.75. The Morgan fingerprint density at radius 3 is 1.44 bits per heavy atom. The van der Waals surface area contributed by atoms with Gasteiger partial charge < -0.3 is 25.3 Å². The molecule has 4 N–H and O–H groups in total. The number of aliphatic hydroxyl groups is 2. The first-order valence-electron chi connectivity index (χ1n) is 7.46. The standard InChI is InChI=1S/C10H15NO2.2C4H6O2/c12-8-6-11(7-9-13)10-4-2-1-3-5-10;2*1-3(2)4(5)6/h1-5,12-13H,6-9H2;2*1H2,2H3,(H,5,6). The van der Waals surface area contributed by atoms with Crippen molar-refractivity contribution in [1.82, 2.24) is 0 Å². The number of carbonyl (C=O) groups is 2. The lowest BCUT2D eigenvalue weighted by Gasteiger charge is -2.22. The van der Waals surface area contributed by atoms with E-state index in [9.17, 15) is 9.59 Å². The maximum absolute atomic E-state index is 9.60. The Morgan fingerprint density at radius 2 is 1.20 bits per heavy atom. The predicted octanol–water partition coefficient (Wildman–Crippen LogP) is 1.77. The van der Waals surface area contributed by atoms with Crippen LogP contribution < -0.4 is 4.90 Å². The fourth-order valence-corrected chi connectivity index (χ4v) is 1.25. The van der Waals surface area contributed by atoms with Crippen molar-refractivity contribution in [2.45, 2.75) is 13.8 Å². The molecule has 0 bridgehead atoms. The number of benzene rings is 1. The van der Waals surface area contributed by atoms with E-state index in [-0.39, 0.29) is 24.4 Å². The maximum atomic E-state index is 9.60. The Kier molecular flexibility index (Phi) is 14.7. The van der Waals surface area contributed by atoms with Crippen LogP contribution in [0.3, 0.4) is 0 Å². The minimum absolute atomic E-state index is 0.106. The zero-order valence-electron chi connectivity index (χ0n) is 14.7. The number of carboxylic acid groups (broad SMARTS) is 2. The van der Waals surface area contributed by atoms with Crippen LogP contribution in [0.25, 0.3) is 0 Å². The summed E-state index contributed by atoms with van der Waals surface area (Å²) in [6.07, 6.45) is 0. The quantitative estimate of drug-likeness (QED) is 0.552. The van der Waals surface area contributed by atoms with Crippen LogP contribution in [0, 0.1) is 0 Å². The summed E-state index contributed by atoms with van der Waals surface area (Å²) in [4.78, 5) is 21.1. The summed E-state index contributed by atoms with van der Waals surface area (Å²) in [7, 11) is 0. The number of aliphatic carboxylic acids is 2. The van der Waals surface area contributed by atoms with Gasteiger partial charge in [0.2, 0.25) is 0 Å². The van der Waals surface area contributed by atoms with Crippen LogP contribution in [0.4, 0.5) is 5.69 Å². The monoisotopic (exact) mass is 353 g/mol. The highest BCUT2D eigenvalue weighted by atomic mass is 16.4.